The fraction of sp³-hybridized carbons (Fsp3) is 0.600. The van der Waals surface area contributed by atoms with Crippen LogP contribution in [0.1, 0.15) is 48.9 Å². The van der Waals surface area contributed by atoms with Crippen molar-refractivity contribution in [2.45, 2.75) is 44.6 Å². The molecular weight excluding hydrogens is 314 g/mol. The molecule has 0 spiro atoms. The van der Waals surface area contributed by atoms with Crippen molar-refractivity contribution in [3.8, 4) is 0 Å². The lowest BCUT2D eigenvalue weighted by atomic mass is 9.98. The first kappa shape index (κ1) is 17.9. The van der Waals surface area contributed by atoms with Crippen molar-refractivity contribution in [2.24, 2.45) is 5.92 Å². The van der Waals surface area contributed by atoms with Crippen LogP contribution in [0.4, 0.5) is 0 Å². The molecule has 0 bridgehead atoms. The summed E-state index contributed by atoms with van der Waals surface area (Å²) in [6.07, 6.45) is 5.97. The number of carbonyl (C=O) groups excluding carboxylic acids is 2. The standard InChI is InChI=1S/C20H29N3O2/c24-19(10-9-16-11-12-21-14-16)23-13-5-4-8-18(23)15-22-20(25)17-6-2-1-3-7-17/h1-3,6-7,16,18,21H,4-5,8-15H2,(H,22,25). The Morgan fingerprint density at radius 3 is 2.76 bits per heavy atom. The molecule has 5 nitrogen and oxygen atoms in total. The van der Waals surface area contributed by atoms with Gasteiger partial charge < -0.3 is 15.5 Å². The van der Waals surface area contributed by atoms with Crippen LogP contribution in [-0.4, -0.2) is 48.9 Å². The maximum atomic E-state index is 12.7. The van der Waals surface area contributed by atoms with Crippen molar-refractivity contribution in [3.63, 3.8) is 0 Å². The molecule has 2 fully saturated rings. The fourth-order valence-corrected chi connectivity index (χ4v) is 3.88. The van der Waals surface area contributed by atoms with Gasteiger partial charge in [-0.05, 0) is 63.2 Å². The van der Waals surface area contributed by atoms with E-state index in [1.807, 2.05) is 35.2 Å². The first-order chi connectivity index (χ1) is 12.2. The molecule has 3 rings (SSSR count). The van der Waals surface area contributed by atoms with E-state index in [1.165, 1.54) is 6.42 Å². The molecule has 5 heteroatoms. The summed E-state index contributed by atoms with van der Waals surface area (Å²) in [7, 11) is 0. The van der Waals surface area contributed by atoms with E-state index in [0.717, 1.165) is 45.3 Å². The van der Waals surface area contributed by atoms with E-state index in [2.05, 4.69) is 10.6 Å². The summed E-state index contributed by atoms with van der Waals surface area (Å²) in [5, 5.41) is 6.37. The Kier molecular flexibility index (Phi) is 6.45. The van der Waals surface area contributed by atoms with Crippen LogP contribution in [0.2, 0.25) is 0 Å². The number of carbonyl (C=O) groups is 2. The third-order valence-electron chi connectivity index (χ3n) is 5.41. The van der Waals surface area contributed by atoms with Gasteiger partial charge in [0.05, 0.1) is 0 Å². The first-order valence-electron chi connectivity index (χ1n) is 9.57. The highest BCUT2D eigenvalue weighted by Gasteiger charge is 2.27. The third-order valence-corrected chi connectivity index (χ3v) is 5.41. The summed E-state index contributed by atoms with van der Waals surface area (Å²) in [6.45, 7) is 3.50. The van der Waals surface area contributed by atoms with Gasteiger partial charge in [-0.15, -0.1) is 0 Å². The summed E-state index contributed by atoms with van der Waals surface area (Å²) in [4.78, 5) is 26.9. The average molecular weight is 343 g/mol. The molecule has 0 aliphatic carbocycles. The zero-order valence-corrected chi connectivity index (χ0v) is 14.9. The highest BCUT2D eigenvalue weighted by atomic mass is 16.2. The molecule has 0 aromatic heterocycles. The topological polar surface area (TPSA) is 61.4 Å². The van der Waals surface area contributed by atoms with E-state index in [-0.39, 0.29) is 17.9 Å². The Morgan fingerprint density at radius 2 is 2.00 bits per heavy atom. The number of likely N-dealkylation sites (tertiary alicyclic amines) is 1. The molecule has 1 aromatic carbocycles. The SMILES string of the molecule is O=C(NCC1CCCCN1C(=O)CCC1CCNC1)c1ccccc1. The van der Waals surface area contributed by atoms with Crippen LogP contribution in [0.5, 0.6) is 0 Å². The van der Waals surface area contributed by atoms with Crippen LogP contribution in [0.25, 0.3) is 0 Å². The number of amides is 2. The van der Waals surface area contributed by atoms with Gasteiger partial charge in [0.15, 0.2) is 0 Å². The predicted molar refractivity (Wildman–Crippen MR) is 98.3 cm³/mol. The normalized spacial score (nSPS) is 23.4. The zero-order valence-electron chi connectivity index (χ0n) is 14.9. The lowest BCUT2D eigenvalue weighted by Gasteiger charge is -2.36. The minimum Gasteiger partial charge on any atom is -0.350 e. The van der Waals surface area contributed by atoms with Crippen molar-refractivity contribution >= 4 is 11.8 Å². The molecule has 136 valence electrons. The van der Waals surface area contributed by atoms with E-state index in [9.17, 15) is 9.59 Å². The zero-order chi connectivity index (χ0) is 17.5. The number of piperidine rings is 1. The number of benzene rings is 1. The summed E-state index contributed by atoms with van der Waals surface area (Å²) in [6, 6.07) is 9.39. The summed E-state index contributed by atoms with van der Waals surface area (Å²) < 4.78 is 0. The minimum absolute atomic E-state index is 0.0596. The quantitative estimate of drug-likeness (QED) is 0.832. The average Bonchev–Trinajstić information content (AvgIpc) is 3.19. The van der Waals surface area contributed by atoms with Gasteiger partial charge in [-0.3, -0.25) is 9.59 Å². The molecule has 25 heavy (non-hydrogen) atoms. The molecule has 1 aromatic rings. The molecule has 2 atom stereocenters. The summed E-state index contributed by atoms with van der Waals surface area (Å²) in [5.41, 5.74) is 0.671. The number of nitrogens with one attached hydrogen (secondary N) is 2. The molecular formula is C20H29N3O2. The number of hydrogen-bond donors (Lipinski definition) is 2. The molecule has 0 radical (unpaired) electrons. The van der Waals surface area contributed by atoms with E-state index < -0.39 is 0 Å². The highest BCUT2D eigenvalue weighted by Crippen LogP contribution is 2.20. The summed E-state index contributed by atoms with van der Waals surface area (Å²) in [5.74, 6) is 0.839. The van der Waals surface area contributed by atoms with E-state index >= 15 is 0 Å². The van der Waals surface area contributed by atoms with Gasteiger partial charge in [-0.2, -0.15) is 0 Å². The van der Waals surface area contributed by atoms with Crippen molar-refractivity contribution in [1.29, 1.82) is 0 Å². The number of nitrogens with zero attached hydrogens (tertiary/aromatic N) is 1. The van der Waals surface area contributed by atoms with Crippen LogP contribution >= 0.6 is 0 Å². The van der Waals surface area contributed by atoms with Gasteiger partial charge in [0, 0.05) is 31.1 Å². The third kappa shape index (κ3) is 5.05. The Hall–Kier alpha value is -1.88. The van der Waals surface area contributed by atoms with Crippen LogP contribution in [0.3, 0.4) is 0 Å². The van der Waals surface area contributed by atoms with Crippen LogP contribution in [0.15, 0.2) is 30.3 Å². The largest absolute Gasteiger partial charge is 0.350 e. The highest BCUT2D eigenvalue weighted by molar-refractivity contribution is 5.94. The Bertz CT molecular complexity index is 570. The van der Waals surface area contributed by atoms with Gasteiger partial charge >= 0.3 is 0 Å². The molecule has 0 saturated carbocycles. The molecule has 2 saturated heterocycles. The number of rotatable bonds is 6. The fourth-order valence-electron chi connectivity index (χ4n) is 3.88. The lowest BCUT2D eigenvalue weighted by molar-refractivity contribution is -0.135. The van der Waals surface area contributed by atoms with Crippen molar-refractivity contribution in [3.05, 3.63) is 35.9 Å². The van der Waals surface area contributed by atoms with Crippen molar-refractivity contribution < 1.29 is 9.59 Å². The molecule has 2 amide bonds. The molecule has 2 N–H and O–H groups in total. The van der Waals surface area contributed by atoms with Crippen LogP contribution in [0, 0.1) is 5.92 Å². The minimum atomic E-state index is -0.0596. The molecule has 2 aliphatic heterocycles. The molecule has 2 unspecified atom stereocenters. The molecule has 2 aliphatic rings. The smallest absolute Gasteiger partial charge is 0.251 e. The second-order valence-electron chi connectivity index (χ2n) is 7.21. The first-order valence-corrected chi connectivity index (χ1v) is 9.57. The van der Waals surface area contributed by atoms with Gasteiger partial charge in [0.2, 0.25) is 5.91 Å². The van der Waals surface area contributed by atoms with Gasteiger partial charge in [-0.25, -0.2) is 0 Å². The Balaban J connectivity index is 1.49. The van der Waals surface area contributed by atoms with Gasteiger partial charge in [-0.1, -0.05) is 18.2 Å². The van der Waals surface area contributed by atoms with Gasteiger partial charge in [0.1, 0.15) is 0 Å². The van der Waals surface area contributed by atoms with Crippen LogP contribution < -0.4 is 10.6 Å². The number of hydrogen-bond acceptors (Lipinski definition) is 3. The van der Waals surface area contributed by atoms with E-state index in [0.29, 0.717) is 24.4 Å². The van der Waals surface area contributed by atoms with E-state index in [1.54, 1.807) is 0 Å². The monoisotopic (exact) mass is 343 g/mol. The van der Waals surface area contributed by atoms with Crippen LogP contribution in [-0.2, 0) is 4.79 Å². The molecule has 2 heterocycles. The lowest BCUT2D eigenvalue weighted by Crippen LogP contribution is -2.49. The predicted octanol–water partition coefficient (Wildman–Crippen LogP) is 2.19. The Morgan fingerprint density at radius 1 is 1.16 bits per heavy atom. The van der Waals surface area contributed by atoms with Crippen molar-refractivity contribution in [2.75, 3.05) is 26.2 Å². The maximum absolute atomic E-state index is 12.7. The van der Waals surface area contributed by atoms with Gasteiger partial charge in [0.25, 0.3) is 5.91 Å². The Labute approximate surface area is 150 Å². The second kappa shape index (κ2) is 8.99. The maximum Gasteiger partial charge on any atom is 0.251 e. The second-order valence-corrected chi connectivity index (χ2v) is 7.21. The van der Waals surface area contributed by atoms with Crippen molar-refractivity contribution in [1.82, 2.24) is 15.5 Å². The van der Waals surface area contributed by atoms with E-state index in [4.69, 9.17) is 0 Å². The summed E-state index contributed by atoms with van der Waals surface area (Å²) >= 11 is 0.